The van der Waals surface area contributed by atoms with Gasteiger partial charge >= 0.3 is 6.18 Å². The van der Waals surface area contributed by atoms with E-state index in [1.807, 2.05) is 0 Å². The molecule has 2 aliphatic carbocycles. The Morgan fingerprint density at radius 3 is 2.10 bits per heavy atom. The molecule has 3 aromatic rings. The van der Waals surface area contributed by atoms with Gasteiger partial charge in [-0.05, 0) is 54.9 Å². The van der Waals surface area contributed by atoms with Crippen molar-refractivity contribution in [3.05, 3.63) is 53.1 Å². The van der Waals surface area contributed by atoms with Crippen molar-refractivity contribution in [1.82, 2.24) is 0 Å². The SMILES string of the molecule is Fc1c(C2=CCC(C3CCCC3)CC2)ccc2c1oc1c(F)c(C(F)(F)F)ccc12. The lowest BCUT2D eigenvalue weighted by Gasteiger charge is -2.27. The lowest BCUT2D eigenvalue weighted by molar-refractivity contribution is -0.139. The summed E-state index contributed by atoms with van der Waals surface area (Å²) in [5.74, 6) is -0.740. The molecule has 158 valence electrons. The highest BCUT2D eigenvalue weighted by Crippen LogP contribution is 2.43. The highest BCUT2D eigenvalue weighted by atomic mass is 19.4. The molecule has 0 spiro atoms. The quantitative estimate of drug-likeness (QED) is 0.380. The predicted molar refractivity (Wildman–Crippen MR) is 106 cm³/mol. The second-order valence-electron chi connectivity index (χ2n) is 8.52. The van der Waals surface area contributed by atoms with Gasteiger partial charge in [-0.2, -0.15) is 13.2 Å². The molecule has 1 nitrogen and oxygen atoms in total. The number of hydrogen-bond donors (Lipinski definition) is 0. The summed E-state index contributed by atoms with van der Waals surface area (Å²) in [6, 6.07) is 5.05. The van der Waals surface area contributed by atoms with Crippen molar-refractivity contribution in [3.63, 3.8) is 0 Å². The number of hydrogen-bond acceptors (Lipinski definition) is 1. The van der Waals surface area contributed by atoms with E-state index in [0.29, 0.717) is 17.5 Å². The van der Waals surface area contributed by atoms with Gasteiger partial charge < -0.3 is 4.42 Å². The van der Waals surface area contributed by atoms with Gasteiger partial charge in [-0.3, -0.25) is 0 Å². The summed E-state index contributed by atoms with van der Waals surface area (Å²) < 4.78 is 74.0. The van der Waals surface area contributed by atoms with Crippen molar-refractivity contribution in [2.24, 2.45) is 11.8 Å². The predicted octanol–water partition coefficient (Wildman–Crippen LogP) is 8.26. The van der Waals surface area contributed by atoms with Crippen LogP contribution in [0.3, 0.4) is 0 Å². The third-order valence-corrected chi connectivity index (χ3v) is 6.86. The van der Waals surface area contributed by atoms with Crippen molar-refractivity contribution in [2.45, 2.75) is 51.1 Å². The van der Waals surface area contributed by atoms with Gasteiger partial charge in [-0.1, -0.05) is 37.8 Å². The Bertz CT molecular complexity index is 1150. The Hall–Kier alpha value is -2.37. The summed E-state index contributed by atoms with van der Waals surface area (Å²) in [5.41, 5.74) is -0.889. The van der Waals surface area contributed by atoms with Crippen LogP contribution in [0.1, 0.15) is 56.1 Å². The van der Waals surface area contributed by atoms with Crippen LogP contribution in [0, 0.1) is 23.5 Å². The van der Waals surface area contributed by atoms with Crippen molar-refractivity contribution >= 4 is 27.5 Å². The molecule has 1 aromatic heterocycles. The molecule has 0 aliphatic heterocycles. The van der Waals surface area contributed by atoms with Gasteiger partial charge in [0.1, 0.15) is 0 Å². The standard InChI is InChI=1S/C24H21F5O/c25-20-16(15-7-5-14(6-8-15)13-3-1-2-4-13)9-10-17-18-11-12-19(24(27,28)29)21(26)23(18)30-22(17)20/h7,9-14H,1-6,8H2. The molecule has 2 aromatic carbocycles. The minimum atomic E-state index is -4.84. The van der Waals surface area contributed by atoms with Gasteiger partial charge in [0.15, 0.2) is 22.8 Å². The van der Waals surface area contributed by atoms with Gasteiger partial charge in [0.2, 0.25) is 0 Å². The van der Waals surface area contributed by atoms with Crippen LogP contribution in [0.15, 0.2) is 34.8 Å². The largest absolute Gasteiger partial charge is 0.450 e. The third-order valence-electron chi connectivity index (χ3n) is 6.86. The van der Waals surface area contributed by atoms with Gasteiger partial charge in [-0.25, -0.2) is 8.78 Å². The molecule has 6 heteroatoms. The average molecular weight is 420 g/mol. The Balaban J connectivity index is 1.54. The second kappa shape index (κ2) is 7.10. The third kappa shape index (κ3) is 3.12. The van der Waals surface area contributed by atoms with Crippen molar-refractivity contribution in [2.75, 3.05) is 0 Å². The number of furan rings is 1. The summed E-state index contributed by atoms with van der Waals surface area (Å²) in [4.78, 5) is 0. The zero-order valence-corrected chi connectivity index (χ0v) is 16.3. The lowest BCUT2D eigenvalue weighted by Crippen LogP contribution is -2.14. The summed E-state index contributed by atoms with van der Waals surface area (Å²) in [5, 5.41) is 0.416. The molecule has 2 aliphatic rings. The fraction of sp³-hybridized carbons (Fsp3) is 0.417. The molecule has 1 unspecified atom stereocenters. The maximum Gasteiger partial charge on any atom is 0.419 e. The Labute approximate surface area is 170 Å². The van der Waals surface area contributed by atoms with E-state index in [2.05, 4.69) is 6.08 Å². The van der Waals surface area contributed by atoms with Crippen LogP contribution >= 0.6 is 0 Å². The summed E-state index contributed by atoms with van der Waals surface area (Å²) in [7, 11) is 0. The second-order valence-corrected chi connectivity index (χ2v) is 8.52. The lowest BCUT2D eigenvalue weighted by atomic mass is 9.78. The van der Waals surface area contributed by atoms with Crippen molar-refractivity contribution in [1.29, 1.82) is 0 Å². The van der Waals surface area contributed by atoms with Crippen LogP contribution in [0.5, 0.6) is 0 Å². The fourth-order valence-electron chi connectivity index (χ4n) is 5.26. The van der Waals surface area contributed by atoms with E-state index in [-0.39, 0.29) is 16.4 Å². The number of allylic oxidation sites excluding steroid dienone is 2. The van der Waals surface area contributed by atoms with Crippen LogP contribution in [0.25, 0.3) is 27.5 Å². The van der Waals surface area contributed by atoms with Gasteiger partial charge in [0.25, 0.3) is 0 Å². The average Bonchev–Trinajstić information content (AvgIpc) is 3.37. The first kappa shape index (κ1) is 19.6. The molecular formula is C24H21F5O. The Morgan fingerprint density at radius 1 is 0.800 bits per heavy atom. The van der Waals surface area contributed by atoms with E-state index in [4.69, 9.17) is 4.42 Å². The van der Waals surface area contributed by atoms with Crippen LogP contribution in [0.2, 0.25) is 0 Å². The Morgan fingerprint density at radius 2 is 1.47 bits per heavy atom. The highest BCUT2D eigenvalue weighted by Gasteiger charge is 2.36. The minimum absolute atomic E-state index is 0.139. The molecule has 0 N–H and O–H groups in total. The molecule has 0 radical (unpaired) electrons. The Kier molecular flexibility index (Phi) is 4.64. The van der Waals surface area contributed by atoms with E-state index in [9.17, 15) is 17.6 Å². The van der Waals surface area contributed by atoms with Crippen LogP contribution in [-0.2, 0) is 6.18 Å². The fourth-order valence-corrected chi connectivity index (χ4v) is 5.26. The first-order valence-electron chi connectivity index (χ1n) is 10.4. The monoisotopic (exact) mass is 420 g/mol. The normalized spacial score (nSPS) is 21.0. The number of alkyl halides is 3. The number of fused-ring (bicyclic) bond motifs is 3. The van der Waals surface area contributed by atoms with Gasteiger partial charge in [-0.15, -0.1) is 0 Å². The zero-order valence-electron chi connectivity index (χ0n) is 16.3. The zero-order chi connectivity index (χ0) is 21.0. The first-order valence-corrected chi connectivity index (χ1v) is 10.4. The molecule has 30 heavy (non-hydrogen) atoms. The summed E-state index contributed by atoms with van der Waals surface area (Å²) in [6.45, 7) is 0. The molecule has 0 saturated heterocycles. The van der Waals surface area contributed by atoms with E-state index in [0.717, 1.165) is 36.8 Å². The minimum Gasteiger partial charge on any atom is -0.450 e. The first-order chi connectivity index (χ1) is 14.3. The molecule has 1 fully saturated rings. The van der Waals surface area contributed by atoms with Gasteiger partial charge in [0.05, 0.1) is 5.56 Å². The molecule has 5 rings (SSSR count). The van der Waals surface area contributed by atoms with E-state index < -0.39 is 29.0 Å². The smallest absolute Gasteiger partial charge is 0.419 e. The number of rotatable bonds is 2. The molecular weight excluding hydrogens is 399 g/mol. The maximum absolute atomic E-state index is 15.3. The van der Waals surface area contributed by atoms with E-state index >= 15 is 4.39 Å². The van der Waals surface area contributed by atoms with E-state index in [1.165, 1.54) is 25.7 Å². The molecule has 1 heterocycles. The van der Waals surface area contributed by atoms with Crippen molar-refractivity contribution < 1.29 is 26.4 Å². The molecule has 1 saturated carbocycles. The molecule has 1 atom stereocenters. The van der Waals surface area contributed by atoms with Gasteiger partial charge in [0, 0.05) is 16.3 Å². The van der Waals surface area contributed by atoms with E-state index in [1.54, 1.807) is 12.1 Å². The van der Waals surface area contributed by atoms with Crippen molar-refractivity contribution in [3.8, 4) is 0 Å². The maximum atomic E-state index is 15.3. The number of benzene rings is 2. The van der Waals surface area contributed by atoms with Crippen LogP contribution in [0.4, 0.5) is 22.0 Å². The summed E-state index contributed by atoms with van der Waals surface area (Å²) >= 11 is 0. The molecule has 0 bridgehead atoms. The highest BCUT2D eigenvalue weighted by molar-refractivity contribution is 6.06. The van der Waals surface area contributed by atoms with Crippen LogP contribution < -0.4 is 0 Å². The summed E-state index contributed by atoms with van der Waals surface area (Å²) in [6.07, 6.45) is 5.07. The number of halogens is 5. The van der Waals surface area contributed by atoms with Crippen LogP contribution in [-0.4, -0.2) is 0 Å². The topological polar surface area (TPSA) is 13.1 Å². The molecule has 0 amide bonds.